The predicted octanol–water partition coefficient (Wildman–Crippen LogP) is 14.5. The van der Waals surface area contributed by atoms with Gasteiger partial charge < -0.3 is 4.42 Å². The fourth-order valence-electron chi connectivity index (χ4n) is 11.8. The largest absolute Gasteiger partial charge is 0.455 e. The molecule has 324 valence electrons. The van der Waals surface area contributed by atoms with E-state index in [0.717, 1.165) is 81.4 Å². The van der Waals surface area contributed by atoms with E-state index in [1.165, 1.54) is 49.8 Å². The minimum atomic E-state index is -1.78. The van der Waals surface area contributed by atoms with Gasteiger partial charge in [-0.25, -0.2) is 0 Å². The summed E-state index contributed by atoms with van der Waals surface area (Å²) in [7, 11) is -1.78. The average Bonchev–Trinajstić information content (AvgIpc) is 3.86. The van der Waals surface area contributed by atoms with Gasteiger partial charge >= 0.3 is 5.82 Å². The Balaban J connectivity index is 1.20. The number of hydrogen-bond donors (Lipinski definition) is 0. The van der Waals surface area contributed by atoms with E-state index in [1.54, 1.807) is 5.19 Å². The third-order valence-electron chi connectivity index (χ3n) is 14.5. The summed E-state index contributed by atoms with van der Waals surface area (Å²) in [5.41, 5.74) is 16.9. The lowest BCUT2D eigenvalue weighted by Crippen LogP contribution is -2.54. The molecule has 3 aromatic heterocycles. The van der Waals surface area contributed by atoms with Crippen LogP contribution >= 0.6 is 0 Å². The zero-order valence-electron chi connectivity index (χ0n) is 39.0. The number of imidazole rings is 1. The van der Waals surface area contributed by atoms with Gasteiger partial charge in [-0.2, -0.15) is 13.7 Å². The summed E-state index contributed by atoms with van der Waals surface area (Å²) in [6, 6.07) is 58.6. The van der Waals surface area contributed by atoms with Crippen LogP contribution in [0.4, 0.5) is 0 Å². The number of hydrogen-bond acceptors (Lipinski definition) is 1. The minimum absolute atomic E-state index is 0.151. The van der Waals surface area contributed by atoms with Gasteiger partial charge in [-0.05, 0) is 82.6 Å². The van der Waals surface area contributed by atoms with Crippen molar-refractivity contribution in [3.8, 4) is 39.5 Å². The Morgan fingerprint density at radius 3 is 2.27 bits per heavy atom. The molecule has 5 heterocycles. The van der Waals surface area contributed by atoms with E-state index >= 15 is 0 Å². The zero-order chi connectivity index (χ0) is 45.1. The summed E-state index contributed by atoms with van der Waals surface area (Å²) in [5, 5.41) is 6.22. The second-order valence-corrected chi connectivity index (χ2v) is 26.2. The summed E-state index contributed by atoms with van der Waals surface area (Å²) in [6.45, 7) is 19.9. The van der Waals surface area contributed by atoms with E-state index in [-0.39, 0.29) is 17.4 Å². The van der Waals surface area contributed by atoms with Crippen molar-refractivity contribution in [2.75, 3.05) is 0 Å². The first kappa shape index (κ1) is 40.7. The second-order valence-electron chi connectivity index (χ2n) is 21.2. The van der Waals surface area contributed by atoms with Crippen molar-refractivity contribution in [3.05, 3.63) is 187 Å². The molecular weight excluding hydrogens is 819 g/mol. The van der Waals surface area contributed by atoms with Crippen LogP contribution < -0.4 is 14.3 Å². The number of aromatic nitrogens is 3. The Bertz CT molecular complexity index is 3600. The molecule has 0 bridgehead atoms. The summed E-state index contributed by atoms with van der Waals surface area (Å²) < 4.78 is 14.9. The van der Waals surface area contributed by atoms with Gasteiger partial charge in [0.15, 0.2) is 28.9 Å². The lowest BCUT2D eigenvalue weighted by atomic mass is 9.77. The number of allylic oxidation sites excluding steroid dienone is 1. The number of para-hydroxylation sites is 3. The Hall–Kier alpha value is -6.82. The third-order valence-corrected chi connectivity index (χ3v) is 16.6. The summed E-state index contributed by atoms with van der Waals surface area (Å²) in [4.78, 5) is 0. The molecule has 66 heavy (non-hydrogen) atoms. The molecule has 0 saturated carbocycles. The van der Waals surface area contributed by atoms with Gasteiger partial charge in [0.25, 0.3) is 0 Å². The van der Waals surface area contributed by atoms with E-state index in [2.05, 4.69) is 218 Å². The molecule has 2 unspecified atom stereocenters. The van der Waals surface area contributed by atoms with E-state index in [9.17, 15) is 0 Å². The maximum absolute atomic E-state index is 7.14. The molecule has 2 aliphatic rings. The molecule has 5 heteroatoms. The number of furan rings is 1. The third kappa shape index (κ3) is 6.46. The Labute approximate surface area is 389 Å². The van der Waals surface area contributed by atoms with E-state index < -0.39 is 8.07 Å². The van der Waals surface area contributed by atoms with Gasteiger partial charge in [-0.15, -0.1) is 0 Å². The van der Waals surface area contributed by atoms with Gasteiger partial charge in [0.05, 0.1) is 14.5 Å². The number of pyridine rings is 1. The molecule has 2 aliphatic heterocycles. The number of rotatable bonds is 4. The highest BCUT2D eigenvalue weighted by Gasteiger charge is 2.45. The van der Waals surface area contributed by atoms with Crippen molar-refractivity contribution in [1.29, 1.82) is 0 Å². The minimum Gasteiger partial charge on any atom is -0.455 e. The fraction of sp³-hybridized carbons (Fsp3) is 0.213. The molecule has 0 amide bonds. The molecule has 7 aromatic carbocycles. The molecule has 4 nitrogen and oxygen atoms in total. The van der Waals surface area contributed by atoms with Crippen molar-refractivity contribution in [2.45, 2.75) is 78.1 Å². The van der Waals surface area contributed by atoms with Gasteiger partial charge in [-0.3, -0.25) is 0 Å². The number of fused-ring (bicyclic) bond motifs is 16. The Morgan fingerprint density at radius 1 is 0.727 bits per heavy atom. The molecule has 0 radical (unpaired) electrons. The number of benzene rings is 7. The molecule has 0 saturated heterocycles. The molecule has 0 aliphatic carbocycles. The maximum Gasteiger partial charge on any atom is 0.304 e. The van der Waals surface area contributed by atoms with Crippen LogP contribution in [0.25, 0.3) is 88.9 Å². The van der Waals surface area contributed by atoms with E-state index in [0.29, 0.717) is 0 Å². The van der Waals surface area contributed by atoms with Gasteiger partial charge in [-0.1, -0.05) is 168 Å². The van der Waals surface area contributed by atoms with Crippen LogP contribution in [0.1, 0.15) is 62.3 Å². The van der Waals surface area contributed by atoms with Gasteiger partial charge in [0, 0.05) is 44.5 Å². The van der Waals surface area contributed by atoms with Crippen LogP contribution in [0.15, 0.2) is 175 Å². The molecular formula is C61H57N3OSi+2. The van der Waals surface area contributed by atoms with Crippen molar-refractivity contribution in [3.63, 3.8) is 0 Å². The standard InChI is InChI=1S/C61H57N3OSi/c1-39-35-53-48(46-23-13-14-24-47(46)54-36-43(37-61(2,3)4)56(38-62(53)54)66(5,6)7)33-30-42-31-34-50-49-25-15-18-28-55(49)65-59(50)57(42)60-63(39)51-26-16-17-27-52(51)64(60)58-44-22-12-11-21-41(44)29-32-45(58)40-19-9-8-10-20-40/h8-29,31-32,34,36,38,48,53H,1,30,33,35,37H2,2-7H3/q+2. The van der Waals surface area contributed by atoms with Crippen LogP contribution in [-0.2, 0) is 12.8 Å². The Morgan fingerprint density at radius 2 is 1.45 bits per heavy atom. The van der Waals surface area contributed by atoms with Crippen molar-refractivity contribution >= 4 is 62.7 Å². The van der Waals surface area contributed by atoms with Crippen molar-refractivity contribution in [1.82, 2.24) is 4.57 Å². The van der Waals surface area contributed by atoms with E-state index in [1.807, 2.05) is 0 Å². The lowest BCUT2D eigenvalue weighted by molar-refractivity contribution is -0.719. The Kier molecular flexibility index (Phi) is 9.31. The highest BCUT2D eigenvalue weighted by Crippen LogP contribution is 2.48. The molecule has 0 fully saturated rings. The maximum atomic E-state index is 7.14. The fourth-order valence-corrected chi connectivity index (χ4v) is 13.4. The van der Waals surface area contributed by atoms with Crippen LogP contribution in [0, 0.1) is 5.41 Å². The summed E-state index contributed by atoms with van der Waals surface area (Å²) in [6.07, 6.45) is 6.30. The SMILES string of the molecule is C=C1CC2C(CCc3ccc4c(oc5ccccc54)c3-c3n(-c4c(-c5ccccc5)ccc5ccccc45)c4ccccc4[n+]31)c1ccccc1-c1cc(CC(C)(C)C)c([Si](C)(C)C)c[n+]12. The van der Waals surface area contributed by atoms with Gasteiger partial charge in [0.1, 0.15) is 22.5 Å². The lowest BCUT2D eigenvalue weighted by Gasteiger charge is -2.34. The molecule has 10 aromatic rings. The first-order valence-corrected chi connectivity index (χ1v) is 27.4. The zero-order valence-corrected chi connectivity index (χ0v) is 40.0. The predicted molar refractivity (Wildman–Crippen MR) is 277 cm³/mol. The van der Waals surface area contributed by atoms with Crippen molar-refractivity contribution < 1.29 is 13.6 Å². The average molecular weight is 876 g/mol. The van der Waals surface area contributed by atoms with Crippen LogP contribution in [0.3, 0.4) is 0 Å². The number of nitrogens with zero attached hydrogens (tertiary/aromatic N) is 3. The summed E-state index contributed by atoms with van der Waals surface area (Å²) >= 11 is 0. The number of aryl methyl sites for hydroxylation is 1. The van der Waals surface area contributed by atoms with Crippen molar-refractivity contribution in [2.24, 2.45) is 5.41 Å². The van der Waals surface area contributed by atoms with E-state index in [4.69, 9.17) is 11.0 Å². The first-order chi connectivity index (χ1) is 31.9. The molecule has 0 N–H and O–H groups in total. The normalized spacial score (nSPS) is 16.2. The smallest absolute Gasteiger partial charge is 0.304 e. The first-order valence-electron chi connectivity index (χ1n) is 23.9. The second kappa shape index (κ2) is 15.1. The van der Waals surface area contributed by atoms with Gasteiger partial charge in [0.2, 0.25) is 5.69 Å². The van der Waals surface area contributed by atoms with Crippen LogP contribution in [0.2, 0.25) is 19.6 Å². The highest BCUT2D eigenvalue weighted by molar-refractivity contribution is 6.89. The quantitative estimate of drug-likeness (QED) is 0.128. The van der Waals surface area contributed by atoms with Crippen LogP contribution in [-0.4, -0.2) is 12.6 Å². The monoisotopic (exact) mass is 875 g/mol. The highest BCUT2D eigenvalue weighted by atomic mass is 28.3. The molecule has 2 atom stereocenters. The summed E-state index contributed by atoms with van der Waals surface area (Å²) in [5.74, 6) is 1.34. The topological polar surface area (TPSA) is 25.8 Å². The molecule has 12 rings (SSSR count). The molecule has 0 spiro atoms. The van der Waals surface area contributed by atoms with Crippen LogP contribution in [0.5, 0.6) is 0 Å².